The van der Waals surface area contributed by atoms with Gasteiger partial charge in [-0.1, -0.05) is 133 Å². The van der Waals surface area contributed by atoms with E-state index in [-0.39, 0.29) is 38.6 Å². The van der Waals surface area contributed by atoms with Crippen LogP contribution >= 0.6 is 0 Å². The van der Waals surface area contributed by atoms with Crippen molar-refractivity contribution < 1.29 is 38.8 Å². The number of aliphatic imine (C=N–C) groups is 1. The molecule has 5 amide bonds. The molecule has 1 unspecified atom stereocenters. The number of carbonyl (C=O) groups is 4. The highest BCUT2D eigenvalue weighted by atomic mass is 17.1. The Hall–Kier alpha value is -6.83. The molecular formula is C44H43N5O8. The molecular weight excluding hydrogens is 727 g/mol. The fraction of sp³-hybridized carbons (Fsp3) is 0.205. The second kappa shape index (κ2) is 20.2. The second-order valence-electron chi connectivity index (χ2n) is 13.3. The van der Waals surface area contributed by atoms with E-state index >= 15 is 0 Å². The number of ether oxygens (including phenoxy) is 2. The summed E-state index contributed by atoms with van der Waals surface area (Å²) in [7, 11) is 0. The Morgan fingerprint density at radius 3 is 1.68 bits per heavy atom. The summed E-state index contributed by atoms with van der Waals surface area (Å²) in [6.45, 7) is 0.0422. The van der Waals surface area contributed by atoms with Gasteiger partial charge in [0, 0.05) is 18.7 Å². The van der Waals surface area contributed by atoms with E-state index in [0.29, 0.717) is 12.1 Å². The van der Waals surface area contributed by atoms with Gasteiger partial charge in [0.1, 0.15) is 19.3 Å². The fourth-order valence-corrected chi connectivity index (χ4v) is 6.48. The van der Waals surface area contributed by atoms with Gasteiger partial charge in [-0.15, -0.1) is 0 Å². The van der Waals surface area contributed by atoms with Gasteiger partial charge in [0.2, 0.25) is 11.9 Å². The first-order chi connectivity index (χ1) is 27.9. The van der Waals surface area contributed by atoms with Gasteiger partial charge < -0.3 is 14.8 Å². The molecule has 0 spiro atoms. The SMILES string of the molecule is O=C(NC(=NCCC[C@H]1C(=O)N(C(=O)Nc2ccc(-c3ccccc3)cc2)C1[C@H](Cc1ccccc1)OO)NC(=O)OCc1ccccc1)OCc1ccccc1. The van der Waals surface area contributed by atoms with Crippen LogP contribution in [0.1, 0.15) is 29.5 Å². The smallest absolute Gasteiger partial charge is 0.414 e. The third-order valence-electron chi connectivity index (χ3n) is 9.33. The normalized spacial score (nSPS) is 15.0. The summed E-state index contributed by atoms with van der Waals surface area (Å²) in [5, 5.41) is 17.8. The van der Waals surface area contributed by atoms with E-state index in [1.54, 1.807) is 36.4 Å². The monoisotopic (exact) mass is 769 g/mol. The highest BCUT2D eigenvalue weighted by molar-refractivity contribution is 6.06. The number of anilines is 1. The highest BCUT2D eigenvalue weighted by Crippen LogP contribution is 2.36. The lowest BCUT2D eigenvalue weighted by molar-refractivity contribution is -0.296. The van der Waals surface area contributed by atoms with E-state index < -0.39 is 42.2 Å². The van der Waals surface area contributed by atoms with Gasteiger partial charge in [0.05, 0.1) is 12.0 Å². The molecule has 13 heteroatoms. The minimum Gasteiger partial charge on any atom is -0.444 e. The standard InChI is InChI=1S/C44H43N5O8/c50-40-37(22-13-27-45-41(47-43(52)55-29-32-16-7-2-8-17-32)48-44(53)56-30-33-18-9-3-10-19-33)39(38(57-54)28-31-14-5-1-6-15-31)49(40)42(51)46-36-25-23-35(24-26-36)34-20-11-4-12-21-34/h1-12,14-21,23-26,37-39,54H,13,22,27-30H2,(H,46,51)(H2,45,47,48,52,53)/t37-,38+,39?/m1/s1. The number of nitrogens with one attached hydrogen (secondary N) is 3. The molecule has 0 aliphatic carbocycles. The number of hydrogen-bond acceptors (Lipinski definition) is 9. The molecule has 4 N–H and O–H groups in total. The Morgan fingerprint density at radius 2 is 1.16 bits per heavy atom. The van der Waals surface area contributed by atoms with E-state index in [0.717, 1.165) is 32.7 Å². The molecule has 1 aliphatic heterocycles. The maximum Gasteiger partial charge on any atom is 0.414 e. The van der Waals surface area contributed by atoms with E-state index in [1.165, 1.54) is 0 Å². The van der Waals surface area contributed by atoms with Crippen molar-refractivity contribution in [2.45, 2.75) is 44.6 Å². The van der Waals surface area contributed by atoms with Gasteiger partial charge in [-0.3, -0.25) is 30.6 Å². The largest absolute Gasteiger partial charge is 0.444 e. The number of amides is 5. The van der Waals surface area contributed by atoms with Gasteiger partial charge in [-0.05, 0) is 52.8 Å². The van der Waals surface area contributed by atoms with Crippen LogP contribution in [0.4, 0.5) is 20.1 Å². The first-order valence-corrected chi connectivity index (χ1v) is 18.5. The van der Waals surface area contributed by atoms with E-state index in [9.17, 15) is 24.4 Å². The van der Waals surface area contributed by atoms with Crippen LogP contribution in [0, 0.1) is 5.92 Å². The third-order valence-corrected chi connectivity index (χ3v) is 9.33. The number of urea groups is 1. The quantitative estimate of drug-likeness (QED) is 0.0222. The van der Waals surface area contributed by atoms with Crippen LogP contribution in [0.5, 0.6) is 0 Å². The van der Waals surface area contributed by atoms with Gasteiger partial charge in [-0.2, -0.15) is 0 Å². The lowest BCUT2D eigenvalue weighted by Gasteiger charge is -2.48. The van der Waals surface area contributed by atoms with Gasteiger partial charge >= 0.3 is 18.2 Å². The minimum absolute atomic E-state index is 0.0102. The van der Waals surface area contributed by atoms with Crippen LogP contribution in [0.3, 0.4) is 0 Å². The number of benzene rings is 5. The van der Waals surface area contributed by atoms with Crippen LogP contribution in [-0.2, 0) is 38.8 Å². The number of carbonyl (C=O) groups excluding carboxylic acids is 4. The van der Waals surface area contributed by atoms with Crippen molar-refractivity contribution in [2.24, 2.45) is 10.9 Å². The molecule has 0 radical (unpaired) electrons. The molecule has 5 aromatic carbocycles. The van der Waals surface area contributed by atoms with Crippen molar-refractivity contribution in [1.29, 1.82) is 0 Å². The van der Waals surface area contributed by atoms with Crippen LogP contribution < -0.4 is 16.0 Å². The molecule has 5 aromatic rings. The average Bonchev–Trinajstić information content (AvgIpc) is 3.24. The van der Waals surface area contributed by atoms with Crippen molar-refractivity contribution in [3.63, 3.8) is 0 Å². The molecule has 0 bridgehead atoms. The molecule has 1 saturated heterocycles. The van der Waals surface area contributed by atoms with Crippen LogP contribution in [0.15, 0.2) is 151 Å². The maximum atomic E-state index is 13.7. The zero-order valence-electron chi connectivity index (χ0n) is 31.0. The summed E-state index contributed by atoms with van der Waals surface area (Å²) >= 11 is 0. The third kappa shape index (κ3) is 11.4. The predicted octanol–water partition coefficient (Wildman–Crippen LogP) is 7.80. The average molecular weight is 770 g/mol. The summed E-state index contributed by atoms with van der Waals surface area (Å²) < 4.78 is 10.6. The fourth-order valence-electron chi connectivity index (χ4n) is 6.48. The van der Waals surface area contributed by atoms with Crippen LogP contribution in [0.25, 0.3) is 11.1 Å². The van der Waals surface area contributed by atoms with Crippen molar-refractivity contribution in [1.82, 2.24) is 15.5 Å². The van der Waals surface area contributed by atoms with E-state index in [4.69, 9.17) is 14.4 Å². The molecule has 6 rings (SSSR count). The molecule has 0 saturated carbocycles. The Kier molecular flexibility index (Phi) is 14.1. The Labute approximate surface area is 330 Å². The molecule has 1 fully saturated rings. The van der Waals surface area contributed by atoms with Gasteiger partial charge in [0.15, 0.2) is 0 Å². The Balaban J connectivity index is 1.11. The van der Waals surface area contributed by atoms with Crippen LogP contribution in [0.2, 0.25) is 0 Å². The first kappa shape index (κ1) is 39.9. The number of alkyl carbamates (subject to hydrolysis) is 2. The number of nitrogens with zero attached hydrogens (tertiary/aromatic N) is 2. The van der Waals surface area contributed by atoms with Crippen molar-refractivity contribution in [3.8, 4) is 11.1 Å². The lowest BCUT2D eigenvalue weighted by atomic mass is 9.79. The summed E-state index contributed by atoms with van der Waals surface area (Å²) in [6, 6.07) is 43.1. The number of imide groups is 1. The lowest BCUT2D eigenvalue weighted by Crippen LogP contribution is -2.68. The summed E-state index contributed by atoms with van der Waals surface area (Å²) in [5.41, 5.74) is 4.85. The molecule has 57 heavy (non-hydrogen) atoms. The number of hydrogen-bond donors (Lipinski definition) is 4. The summed E-state index contributed by atoms with van der Waals surface area (Å²) in [5.74, 6) is -1.35. The van der Waals surface area contributed by atoms with Crippen molar-refractivity contribution in [3.05, 3.63) is 162 Å². The molecule has 1 heterocycles. The topological polar surface area (TPSA) is 168 Å². The Morgan fingerprint density at radius 1 is 0.667 bits per heavy atom. The van der Waals surface area contributed by atoms with E-state index in [2.05, 4.69) is 20.9 Å². The van der Waals surface area contributed by atoms with E-state index in [1.807, 2.05) is 109 Å². The van der Waals surface area contributed by atoms with Gasteiger partial charge in [0.25, 0.3) is 0 Å². The molecule has 13 nitrogen and oxygen atoms in total. The molecule has 3 atom stereocenters. The van der Waals surface area contributed by atoms with Crippen molar-refractivity contribution in [2.75, 3.05) is 11.9 Å². The van der Waals surface area contributed by atoms with Gasteiger partial charge in [-0.25, -0.2) is 19.3 Å². The van der Waals surface area contributed by atoms with Crippen LogP contribution in [-0.4, -0.2) is 58.9 Å². The number of rotatable bonds is 14. The zero-order chi connectivity index (χ0) is 39.8. The Bertz CT molecular complexity index is 2040. The molecule has 292 valence electrons. The maximum absolute atomic E-state index is 13.7. The molecule has 1 aliphatic rings. The number of β-lactam (4-membered cyclic amide) rings is 1. The van der Waals surface area contributed by atoms with Crippen molar-refractivity contribution >= 4 is 35.8 Å². The first-order valence-electron chi connectivity index (χ1n) is 18.5. The molecule has 0 aromatic heterocycles. The predicted molar refractivity (Wildman–Crippen MR) is 214 cm³/mol. The zero-order valence-corrected chi connectivity index (χ0v) is 31.0. The number of likely N-dealkylation sites (tertiary alicyclic amines) is 1. The second-order valence-corrected chi connectivity index (χ2v) is 13.3. The highest BCUT2D eigenvalue weighted by Gasteiger charge is 2.54. The summed E-state index contributed by atoms with van der Waals surface area (Å²) in [4.78, 5) is 63.1. The number of guanidine groups is 1. The minimum atomic E-state index is -0.928. The summed E-state index contributed by atoms with van der Waals surface area (Å²) in [6.07, 6.45) is -1.85.